The van der Waals surface area contributed by atoms with Crippen molar-refractivity contribution in [1.82, 2.24) is 10.1 Å². The van der Waals surface area contributed by atoms with Gasteiger partial charge in [0.05, 0.1) is 6.61 Å². The molecule has 0 N–H and O–H groups in total. The van der Waals surface area contributed by atoms with Crippen molar-refractivity contribution in [3.8, 4) is 0 Å². The van der Waals surface area contributed by atoms with E-state index in [0.717, 1.165) is 19.3 Å². The highest BCUT2D eigenvalue weighted by Gasteiger charge is 2.51. The highest BCUT2D eigenvalue weighted by atomic mass is 16.5. The first-order valence-corrected chi connectivity index (χ1v) is 5.17. The Hall–Kier alpha value is -1.39. The van der Waals surface area contributed by atoms with E-state index in [2.05, 4.69) is 10.1 Å². The lowest BCUT2D eigenvalue weighted by Gasteiger charge is -2.35. The van der Waals surface area contributed by atoms with Crippen LogP contribution in [-0.2, 0) is 14.9 Å². The SMILES string of the molecule is CCOC(=O)C1(c2nc(C)no2)CCC1. The topological polar surface area (TPSA) is 65.2 Å². The molecule has 1 heterocycles. The molecule has 0 amide bonds. The highest BCUT2D eigenvalue weighted by Crippen LogP contribution is 2.43. The molecule has 0 atom stereocenters. The van der Waals surface area contributed by atoms with Crippen LogP contribution in [-0.4, -0.2) is 22.7 Å². The smallest absolute Gasteiger partial charge is 0.321 e. The summed E-state index contributed by atoms with van der Waals surface area (Å²) in [5.74, 6) is 0.727. The van der Waals surface area contributed by atoms with E-state index < -0.39 is 5.41 Å². The molecule has 2 rings (SSSR count). The van der Waals surface area contributed by atoms with Gasteiger partial charge in [0.1, 0.15) is 5.41 Å². The van der Waals surface area contributed by atoms with Crippen molar-refractivity contribution in [2.75, 3.05) is 6.61 Å². The van der Waals surface area contributed by atoms with E-state index >= 15 is 0 Å². The third-order valence-corrected chi connectivity index (χ3v) is 2.81. The fourth-order valence-electron chi connectivity index (χ4n) is 1.80. The van der Waals surface area contributed by atoms with Crippen LogP contribution in [0, 0.1) is 6.92 Å². The fraction of sp³-hybridized carbons (Fsp3) is 0.700. The van der Waals surface area contributed by atoms with Gasteiger partial charge in [-0.25, -0.2) is 0 Å². The molecular formula is C10H14N2O3. The summed E-state index contributed by atoms with van der Waals surface area (Å²) in [6.07, 6.45) is 2.49. The highest BCUT2D eigenvalue weighted by molar-refractivity contribution is 5.82. The number of aryl methyl sites for hydroxylation is 1. The Balaban J connectivity index is 2.25. The molecule has 0 aliphatic heterocycles. The number of carbonyl (C=O) groups excluding carboxylic acids is 1. The minimum absolute atomic E-state index is 0.236. The number of aromatic nitrogens is 2. The van der Waals surface area contributed by atoms with E-state index in [-0.39, 0.29) is 5.97 Å². The minimum Gasteiger partial charge on any atom is -0.465 e. The molecule has 1 fully saturated rings. The van der Waals surface area contributed by atoms with E-state index in [0.29, 0.717) is 18.3 Å². The molecule has 1 aromatic heterocycles. The van der Waals surface area contributed by atoms with E-state index in [4.69, 9.17) is 9.26 Å². The van der Waals surface area contributed by atoms with Gasteiger partial charge in [-0.15, -0.1) is 0 Å². The van der Waals surface area contributed by atoms with E-state index in [1.807, 2.05) is 0 Å². The maximum absolute atomic E-state index is 11.8. The molecule has 1 aromatic rings. The predicted molar refractivity (Wildman–Crippen MR) is 51.2 cm³/mol. The Morgan fingerprint density at radius 3 is 2.73 bits per heavy atom. The summed E-state index contributed by atoms with van der Waals surface area (Å²) in [5, 5.41) is 3.71. The molecule has 1 saturated carbocycles. The number of hydrogen-bond acceptors (Lipinski definition) is 5. The molecule has 0 aromatic carbocycles. The average molecular weight is 210 g/mol. The third-order valence-electron chi connectivity index (χ3n) is 2.81. The van der Waals surface area contributed by atoms with Crippen LogP contribution in [0.5, 0.6) is 0 Å². The standard InChI is InChI=1S/C10H14N2O3/c1-3-14-9(13)10(5-4-6-10)8-11-7(2)12-15-8/h3-6H2,1-2H3. The van der Waals surface area contributed by atoms with Crippen LogP contribution >= 0.6 is 0 Å². The summed E-state index contributed by atoms with van der Waals surface area (Å²) in [4.78, 5) is 15.9. The maximum Gasteiger partial charge on any atom is 0.321 e. The van der Waals surface area contributed by atoms with Gasteiger partial charge in [0, 0.05) is 0 Å². The first-order valence-electron chi connectivity index (χ1n) is 5.17. The van der Waals surface area contributed by atoms with Crippen LogP contribution in [0.3, 0.4) is 0 Å². The molecule has 1 aliphatic carbocycles. The average Bonchev–Trinajstić information content (AvgIpc) is 2.51. The zero-order chi connectivity index (χ0) is 10.9. The van der Waals surface area contributed by atoms with Gasteiger partial charge < -0.3 is 9.26 Å². The van der Waals surface area contributed by atoms with Crippen LogP contribution in [0.25, 0.3) is 0 Å². The molecule has 5 heteroatoms. The van der Waals surface area contributed by atoms with Crippen molar-refractivity contribution < 1.29 is 14.1 Å². The number of rotatable bonds is 3. The van der Waals surface area contributed by atoms with Crippen LogP contribution in [0.15, 0.2) is 4.52 Å². The molecule has 15 heavy (non-hydrogen) atoms. The summed E-state index contributed by atoms with van der Waals surface area (Å²) in [7, 11) is 0. The van der Waals surface area contributed by atoms with Gasteiger partial charge in [-0.1, -0.05) is 11.6 Å². The second-order valence-electron chi connectivity index (χ2n) is 3.80. The lowest BCUT2D eigenvalue weighted by molar-refractivity contribution is -0.155. The number of ether oxygens (including phenoxy) is 1. The molecule has 0 radical (unpaired) electrons. The Morgan fingerprint density at radius 1 is 1.60 bits per heavy atom. The molecule has 1 aliphatic rings. The largest absolute Gasteiger partial charge is 0.465 e. The Kier molecular flexibility index (Phi) is 2.46. The second-order valence-corrected chi connectivity index (χ2v) is 3.80. The van der Waals surface area contributed by atoms with Gasteiger partial charge in [0.2, 0.25) is 5.89 Å². The van der Waals surface area contributed by atoms with Crippen LogP contribution in [0.2, 0.25) is 0 Å². The lowest BCUT2D eigenvalue weighted by atomic mass is 9.68. The first-order chi connectivity index (χ1) is 7.19. The van der Waals surface area contributed by atoms with Crippen molar-refractivity contribution in [3.63, 3.8) is 0 Å². The predicted octanol–water partition coefficient (Wildman–Crippen LogP) is 1.36. The summed E-state index contributed by atoms with van der Waals surface area (Å²) in [5.41, 5.74) is -0.655. The van der Waals surface area contributed by atoms with E-state index in [9.17, 15) is 4.79 Å². The summed E-state index contributed by atoms with van der Waals surface area (Å²) in [6, 6.07) is 0. The van der Waals surface area contributed by atoms with Gasteiger partial charge in [-0.05, 0) is 26.7 Å². The van der Waals surface area contributed by atoms with E-state index in [1.165, 1.54) is 0 Å². The molecule has 0 bridgehead atoms. The molecule has 0 saturated heterocycles. The zero-order valence-electron chi connectivity index (χ0n) is 8.95. The number of hydrogen-bond donors (Lipinski definition) is 0. The zero-order valence-corrected chi connectivity index (χ0v) is 8.95. The van der Waals surface area contributed by atoms with Crippen molar-refractivity contribution in [2.45, 2.75) is 38.5 Å². The monoisotopic (exact) mass is 210 g/mol. The normalized spacial score (nSPS) is 18.3. The minimum atomic E-state index is -0.655. The Bertz CT molecular complexity index is 368. The van der Waals surface area contributed by atoms with Crippen molar-refractivity contribution in [3.05, 3.63) is 11.7 Å². The van der Waals surface area contributed by atoms with Crippen LogP contribution < -0.4 is 0 Å². The third kappa shape index (κ3) is 1.52. The molecular weight excluding hydrogens is 196 g/mol. The van der Waals surface area contributed by atoms with Crippen LogP contribution in [0.4, 0.5) is 0 Å². The van der Waals surface area contributed by atoms with Gasteiger partial charge in [0.25, 0.3) is 0 Å². The Morgan fingerprint density at radius 2 is 2.33 bits per heavy atom. The molecule has 82 valence electrons. The number of esters is 1. The molecule has 5 nitrogen and oxygen atoms in total. The van der Waals surface area contributed by atoms with Crippen molar-refractivity contribution in [2.24, 2.45) is 0 Å². The molecule has 0 unspecified atom stereocenters. The van der Waals surface area contributed by atoms with Gasteiger partial charge in [-0.3, -0.25) is 4.79 Å². The second kappa shape index (κ2) is 3.64. The summed E-state index contributed by atoms with van der Waals surface area (Å²) < 4.78 is 10.1. The van der Waals surface area contributed by atoms with Crippen molar-refractivity contribution >= 4 is 5.97 Å². The van der Waals surface area contributed by atoms with Gasteiger partial charge >= 0.3 is 5.97 Å². The van der Waals surface area contributed by atoms with Gasteiger partial charge in [-0.2, -0.15) is 4.98 Å². The van der Waals surface area contributed by atoms with Gasteiger partial charge in [0.15, 0.2) is 5.82 Å². The van der Waals surface area contributed by atoms with Crippen molar-refractivity contribution in [1.29, 1.82) is 0 Å². The number of nitrogens with zero attached hydrogens (tertiary/aromatic N) is 2. The fourth-order valence-corrected chi connectivity index (χ4v) is 1.80. The molecule has 0 spiro atoms. The first kappa shape index (κ1) is 10.1. The van der Waals surface area contributed by atoms with E-state index in [1.54, 1.807) is 13.8 Å². The Labute approximate surface area is 87.8 Å². The lowest BCUT2D eigenvalue weighted by Crippen LogP contribution is -2.44. The maximum atomic E-state index is 11.8. The summed E-state index contributed by atoms with van der Waals surface area (Å²) >= 11 is 0. The summed E-state index contributed by atoms with van der Waals surface area (Å²) in [6.45, 7) is 3.92. The quantitative estimate of drug-likeness (QED) is 0.705. The number of carbonyl (C=O) groups is 1. The van der Waals surface area contributed by atoms with Crippen LogP contribution in [0.1, 0.15) is 37.9 Å².